The molecular weight excluding hydrogens is 430 g/mol. The third-order valence-corrected chi connectivity index (χ3v) is 7.79. The molecule has 2 aliphatic rings. The number of hydrogen-bond donors (Lipinski definition) is 0. The van der Waals surface area contributed by atoms with Gasteiger partial charge in [0.1, 0.15) is 0 Å². The van der Waals surface area contributed by atoms with E-state index in [1.54, 1.807) is 24.0 Å². The van der Waals surface area contributed by atoms with Crippen LogP contribution in [0.5, 0.6) is 0 Å². The first-order valence-corrected chi connectivity index (χ1v) is 12.1. The Bertz CT molecular complexity index is 1090. The lowest BCUT2D eigenvalue weighted by Crippen LogP contribution is -2.48. The zero-order valence-electron chi connectivity index (χ0n) is 18.1. The number of ether oxygens (including phenoxy) is 1. The Balaban J connectivity index is 1.42. The first-order chi connectivity index (χ1) is 15.4. The summed E-state index contributed by atoms with van der Waals surface area (Å²) in [5.74, 6) is -0.138. The minimum absolute atomic E-state index is 0.0323. The maximum Gasteiger partial charge on any atom is 0.254 e. The number of morpholine rings is 1. The van der Waals surface area contributed by atoms with Crippen LogP contribution < -0.4 is 4.90 Å². The van der Waals surface area contributed by atoms with E-state index >= 15 is 0 Å². The third kappa shape index (κ3) is 4.69. The highest BCUT2D eigenvalue weighted by molar-refractivity contribution is 7.89. The highest BCUT2D eigenvalue weighted by atomic mass is 32.2. The summed E-state index contributed by atoms with van der Waals surface area (Å²) >= 11 is 0. The van der Waals surface area contributed by atoms with Gasteiger partial charge >= 0.3 is 0 Å². The number of amides is 1. The molecule has 0 aromatic heterocycles. The largest absolute Gasteiger partial charge is 0.379 e. The number of carbonyl (C=O) groups excluding carboxylic acids is 2. The smallest absolute Gasteiger partial charge is 0.254 e. The average molecular weight is 458 g/mol. The number of nitrogens with zero attached hydrogens (tertiary/aromatic N) is 3. The fourth-order valence-corrected chi connectivity index (χ4v) is 5.44. The van der Waals surface area contributed by atoms with Crippen LogP contribution in [-0.2, 0) is 14.8 Å². The molecule has 9 heteroatoms. The van der Waals surface area contributed by atoms with Crippen LogP contribution in [0.15, 0.2) is 53.4 Å². The number of ketones is 1. The van der Waals surface area contributed by atoms with Gasteiger partial charge in [0.2, 0.25) is 10.0 Å². The molecule has 0 radical (unpaired) electrons. The first kappa shape index (κ1) is 22.4. The summed E-state index contributed by atoms with van der Waals surface area (Å²) in [6.07, 6.45) is 0. The first-order valence-electron chi connectivity index (χ1n) is 10.7. The molecule has 0 saturated carbocycles. The number of Topliss-reactive ketones (excluding diaryl/α,β-unsaturated/α-hetero) is 1. The summed E-state index contributed by atoms with van der Waals surface area (Å²) in [5.41, 5.74) is 2.06. The van der Waals surface area contributed by atoms with Gasteiger partial charge in [0.05, 0.1) is 18.1 Å². The molecule has 2 aliphatic heterocycles. The Hall–Kier alpha value is -2.75. The summed E-state index contributed by atoms with van der Waals surface area (Å²) in [5, 5.41) is 0. The topological polar surface area (TPSA) is 87.2 Å². The van der Waals surface area contributed by atoms with Crippen LogP contribution in [0.3, 0.4) is 0 Å². The fourth-order valence-electron chi connectivity index (χ4n) is 3.98. The Kier molecular flexibility index (Phi) is 6.59. The Labute approximate surface area is 188 Å². The van der Waals surface area contributed by atoms with Gasteiger partial charge in [-0.3, -0.25) is 9.59 Å². The summed E-state index contributed by atoms with van der Waals surface area (Å²) < 4.78 is 32.5. The number of anilines is 1. The molecule has 1 amide bonds. The molecule has 0 spiro atoms. The zero-order chi connectivity index (χ0) is 22.7. The zero-order valence-corrected chi connectivity index (χ0v) is 18.9. The number of piperazine rings is 1. The molecular formula is C23H27N3O5S. The number of carbonyl (C=O) groups is 2. The summed E-state index contributed by atoms with van der Waals surface area (Å²) in [7, 11) is -3.65. The molecule has 4 rings (SSSR count). The minimum Gasteiger partial charge on any atom is -0.379 e. The second kappa shape index (κ2) is 9.40. The number of hydrogen-bond acceptors (Lipinski definition) is 6. The monoisotopic (exact) mass is 457 g/mol. The van der Waals surface area contributed by atoms with Crippen LogP contribution in [0.4, 0.5) is 5.69 Å². The second-order valence-corrected chi connectivity index (χ2v) is 9.86. The van der Waals surface area contributed by atoms with E-state index in [1.165, 1.54) is 16.4 Å². The van der Waals surface area contributed by atoms with Crippen LogP contribution >= 0.6 is 0 Å². The predicted octanol–water partition coefficient (Wildman–Crippen LogP) is 1.87. The van der Waals surface area contributed by atoms with E-state index in [-0.39, 0.29) is 16.6 Å². The summed E-state index contributed by atoms with van der Waals surface area (Å²) in [6, 6.07) is 13.8. The average Bonchev–Trinajstić information content (AvgIpc) is 2.84. The van der Waals surface area contributed by atoms with Gasteiger partial charge in [0, 0.05) is 56.1 Å². The summed E-state index contributed by atoms with van der Waals surface area (Å²) in [6.45, 7) is 5.32. The van der Waals surface area contributed by atoms with Crippen molar-refractivity contribution in [3.05, 3.63) is 59.7 Å². The van der Waals surface area contributed by atoms with Gasteiger partial charge in [-0.1, -0.05) is 6.07 Å². The molecule has 8 nitrogen and oxygen atoms in total. The lowest BCUT2D eigenvalue weighted by molar-refractivity contribution is 0.0729. The number of sulfonamides is 1. The van der Waals surface area contributed by atoms with Gasteiger partial charge in [0.15, 0.2) is 5.78 Å². The van der Waals surface area contributed by atoms with Crippen molar-refractivity contribution in [1.29, 1.82) is 0 Å². The highest BCUT2D eigenvalue weighted by Gasteiger charge is 2.28. The van der Waals surface area contributed by atoms with Gasteiger partial charge < -0.3 is 14.5 Å². The van der Waals surface area contributed by atoms with E-state index in [0.29, 0.717) is 63.6 Å². The molecule has 0 N–H and O–H groups in total. The van der Waals surface area contributed by atoms with E-state index in [9.17, 15) is 18.0 Å². The van der Waals surface area contributed by atoms with Crippen molar-refractivity contribution in [2.75, 3.05) is 57.4 Å². The number of benzene rings is 2. The van der Waals surface area contributed by atoms with Crippen molar-refractivity contribution in [3.63, 3.8) is 0 Å². The quantitative estimate of drug-likeness (QED) is 0.637. The number of rotatable bonds is 5. The van der Waals surface area contributed by atoms with Crippen molar-refractivity contribution in [1.82, 2.24) is 9.21 Å². The standard InChI is InChI=1S/C23H27N3O5S/c1-18(27)19-5-7-21(8-6-19)24-9-11-25(12-10-24)23(28)20-3-2-4-22(17-20)32(29,30)26-13-15-31-16-14-26/h2-8,17H,9-16H2,1H3. The van der Waals surface area contributed by atoms with E-state index in [1.807, 2.05) is 24.3 Å². The van der Waals surface area contributed by atoms with Crippen molar-refractivity contribution in [2.24, 2.45) is 0 Å². The molecule has 2 fully saturated rings. The van der Waals surface area contributed by atoms with E-state index in [0.717, 1.165) is 5.69 Å². The van der Waals surface area contributed by atoms with Gasteiger partial charge in [0.25, 0.3) is 5.91 Å². The molecule has 2 aromatic carbocycles. The van der Waals surface area contributed by atoms with Crippen molar-refractivity contribution in [3.8, 4) is 0 Å². The van der Waals surface area contributed by atoms with Gasteiger partial charge in [-0.15, -0.1) is 0 Å². The van der Waals surface area contributed by atoms with Crippen LogP contribution in [0.1, 0.15) is 27.6 Å². The summed E-state index contributed by atoms with van der Waals surface area (Å²) in [4.78, 5) is 28.6. The van der Waals surface area contributed by atoms with Crippen LogP contribution in [0.25, 0.3) is 0 Å². The van der Waals surface area contributed by atoms with Crippen molar-refractivity contribution >= 4 is 27.4 Å². The van der Waals surface area contributed by atoms with E-state index in [4.69, 9.17) is 4.74 Å². The molecule has 2 saturated heterocycles. The molecule has 2 aromatic rings. The second-order valence-electron chi connectivity index (χ2n) is 7.93. The van der Waals surface area contributed by atoms with Gasteiger partial charge in [-0.25, -0.2) is 8.42 Å². The van der Waals surface area contributed by atoms with Gasteiger partial charge in [-0.05, 0) is 49.4 Å². The molecule has 32 heavy (non-hydrogen) atoms. The van der Waals surface area contributed by atoms with Crippen LogP contribution in [0.2, 0.25) is 0 Å². The van der Waals surface area contributed by atoms with E-state index < -0.39 is 10.0 Å². The molecule has 170 valence electrons. The molecule has 0 unspecified atom stereocenters. The highest BCUT2D eigenvalue weighted by Crippen LogP contribution is 2.21. The fraction of sp³-hybridized carbons (Fsp3) is 0.391. The molecule has 0 bridgehead atoms. The van der Waals surface area contributed by atoms with Crippen LogP contribution in [-0.4, -0.2) is 81.8 Å². The van der Waals surface area contributed by atoms with E-state index in [2.05, 4.69) is 4.90 Å². The third-order valence-electron chi connectivity index (χ3n) is 5.89. The Morgan fingerprint density at radius 2 is 1.50 bits per heavy atom. The SMILES string of the molecule is CC(=O)c1ccc(N2CCN(C(=O)c3cccc(S(=O)(=O)N4CCOCC4)c3)CC2)cc1. The minimum atomic E-state index is -3.65. The lowest BCUT2D eigenvalue weighted by Gasteiger charge is -2.36. The maximum absolute atomic E-state index is 13.1. The van der Waals surface area contributed by atoms with Crippen molar-refractivity contribution < 1.29 is 22.7 Å². The molecule has 0 aliphatic carbocycles. The van der Waals surface area contributed by atoms with Gasteiger partial charge in [-0.2, -0.15) is 4.31 Å². The molecule has 2 heterocycles. The lowest BCUT2D eigenvalue weighted by atomic mass is 10.1. The molecule has 0 atom stereocenters. The maximum atomic E-state index is 13.1. The van der Waals surface area contributed by atoms with Crippen LogP contribution in [0, 0.1) is 0 Å². The normalized spacial score (nSPS) is 17.9. The Morgan fingerprint density at radius 3 is 2.12 bits per heavy atom. The predicted molar refractivity (Wildman–Crippen MR) is 121 cm³/mol. The Morgan fingerprint density at radius 1 is 0.844 bits per heavy atom. The van der Waals surface area contributed by atoms with Crippen molar-refractivity contribution in [2.45, 2.75) is 11.8 Å².